The standard InChI is InChI=1S/C20H30FN3O2/c1-16(2)19-15-24(20(25)22-10-12-26-13-11-22)9-3-8-23(19)14-17-4-6-18(21)7-5-17/h4-7,16,19H,3,8-15H2,1-2H3/t19-/m1/s1. The van der Waals surface area contributed by atoms with Gasteiger partial charge in [-0.15, -0.1) is 0 Å². The van der Waals surface area contributed by atoms with Crippen LogP contribution < -0.4 is 0 Å². The molecule has 2 aliphatic heterocycles. The number of urea groups is 1. The van der Waals surface area contributed by atoms with E-state index >= 15 is 0 Å². The molecule has 2 saturated heterocycles. The Morgan fingerprint density at radius 3 is 2.46 bits per heavy atom. The molecule has 2 heterocycles. The number of nitrogens with zero attached hydrogens (tertiary/aromatic N) is 3. The third kappa shape index (κ3) is 4.74. The first-order valence-corrected chi connectivity index (χ1v) is 9.64. The number of hydrogen-bond donors (Lipinski definition) is 0. The Hall–Kier alpha value is -1.66. The van der Waals surface area contributed by atoms with Crippen molar-refractivity contribution in [3.63, 3.8) is 0 Å². The Bertz CT molecular complexity index is 587. The molecule has 1 aromatic rings. The first-order valence-electron chi connectivity index (χ1n) is 9.64. The Morgan fingerprint density at radius 2 is 1.81 bits per heavy atom. The summed E-state index contributed by atoms with van der Waals surface area (Å²) < 4.78 is 18.5. The summed E-state index contributed by atoms with van der Waals surface area (Å²) in [5.41, 5.74) is 1.12. The molecule has 1 aromatic carbocycles. The van der Waals surface area contributed by atoms with Crippen LogP contribution in [0.1, 0.15) is 25.8 Å². The molecule has 0 aromatic heterocycles. The van der Waals surface area contributed by atoms with Gasteiger partial charge in [-0.05, 0) is 30.0 Å². The third-order valence-electron chi connectivity index (χ3n) is 5.37. The maximum absolute atomic E-state index is 13.2. The molecule has 0 spiro atoms. The van der Waals surface area contributed by atoms with Crippen LogP contribution in [0.4, 0.5) is 9.18 Å². The highest BCUT2D eigenvalue weighted by molar-refractivity contribution is 5.74. The minimum absolute atomic E-state index is 0.141. The molecule has 2 aliphatic rings. The molecule has 0 unspecified atom stereocenters. The fourth-order valence-electron chi connectivity index (χ4n) is 3.84. The monoisotopic (exact) mass is 363 g/mol. The van der Waals surface area contributed by atoms with Crippen LogP contribution in [0, 0.1) is 11.7 Å². The minimum atomic E-state index is -0.202. The van der Waals surface area contributed by atoms with Gasteiger partial charge in [0.15, 0.2) is 0 Å². The van der Waals surface area contributed by atoms with Crippen molar-refractivity contribution in [1.82, 2.24) is 14.7 Å². The van der Waals surface area contributed by atoms with Crippen molar-refractivity contribution >= 4 is 6.03 Å². The number of rotatable bonds is 3. The highest BCUT2D eigenvalue weighted by Gasteiger charge is 2.31. The molecule has 1 atom stereocenters. The maximum atomic E-state index is 13.2. The Labute approximate surface area is 155 Å². The highest BCUT2D eigenvalue weighted by Crippen LogP contribution is 2.21. The van der Waals surface area contributed by atoms with Gasteiger partial charge in [-0.25, -0.2) is 9.18 Å². The number of amides is 2. The van der Waals surface area contributed by atoms with Gasteiger partial charge in [0.25, 0.3) is 0 Å². The molecule has 0 radical (unpaired) electrons. The topological polar surface area (TPSA) is 36.0 Å². The summed E-state index contributed by atoms with van der Waals surface area (Å²) >= 11 is 0. The van der Waals surface area contributed by atoms with E-state index in [1.165, 1.54) is 12.1 Å². The molecule has 26 heavy (non-hydrogen) atoms. The SMILES string of the molecule is CC(C)[C@H]1CN(C(=O)N2CCOCC2)CCCN1Cc1ccc(F)cc1. The van der Waals surface area contributed by atoms with E-state index in [0.29, 0.717) is 38.3 Å². The van der Waals surface area contributed by atoms with Crippen LogP contribution in [0.2, 0.25) is 0 Å². The van der Waals surface area contributed by atoms with Gasteiger partial charge < -0.3 is 14.5 Å². The van der Waals surface area contributed by atoms with Crippen LogP contribution in [-0.2, 0) is 11.3 Å². The van der Waals surface area contributed by atoms with Crippen LogP contribution in [0.25, 0.3) is 0 Å². The van der Waals surface area contributed by atoms with Gasteiger partial charge >= 0.3 is 6.03 Å². The second kappa shape index (κ2) is 8.82. The van der Waals surface area contributed by atoms with Gasteiger partial charge in [0.2, 0.25) is 0 Å². The normalized spacial score (nSPS) is 22.5. The van der Waals surface area contributed by atoms with Crippen LogP contribution >= 0.6 is 0 Å². The number of carbonyl (C=O) groups excluding carboxylic acids is 1. The molecule has 144 valence electrons. The molecule has 0 aliphatic carbocycles. The van der Waals surface area contributed by atoms with Crippen molar-refractivity contribution in [3.8, 4) is 0 Å². The van der Waals surface area contributed by atoms with Crippen molar-refractivity contribution in [2.45, 2.75) is 32.9 Å². The first kappa shape index (κ1) is 19.1. The van der Waals surface area contributed by atoms with Crippen LogP contribution in [-0.4, -0.2) is 72.7 Å². The second-order valence-electron chi connectivity index (χ2n) is 7.59. The average Bonchev–Trinajstić information content (AvgIpc) is 2.86. The van der Waals surface area contributed by atoms with E-state index in [0.717, 1.165) is 38.2 Å². The predicted octanol–water partition coefficient (Wildman–Crippen LogP) is 2.81. The zero-order valence-corrected chi connectivity index (χ0v) is 15.9. The van der Waals surface area contributed by atoms with E-state index in [9.17, 15) is 9.18 Å². The lowest BCUT2D eigenvalue weighted by atomic mass is 10.0. The Morgan fingerprint density at radius 1 is 1.12 bits per heavy atom. The number of carbonyl (C=O) groups is 1. The summed E-state index contributed by atoms with van der Waals surface area (Å²) in [5, 5.41) is 0. The molecule has 6 heteroatoms. The zero-order valence-electron chi connectivity index (χ0n) is 15.9. The Kier molecular flexibility index (Phi) is 6.48. The van der Waals surface area contributed by atoms with E-state index in [1.54, 1.807) is 0 Å². The van der Waals surface area contributed by atoms with Gasteiger partial charge in [-0.2, -0.15) is 0 Å². The lowest BCUT2D eigenvalue weighted by Crippen LogP contribution is -2.51. The molecular weight excluding hydrogens is 333 g/mol. The van der Waals surface area contributed by atoms with Crippen molar-refractivity contribution in [3.05, 3.63) is 35.6 Å². The van der Waals surface area contributed by atoms with E-state index < -0.39 is 0 Å². The molecule has 0 N–H and O–H groups in total. The minimum Gasteiger partial charge on any atom is -0.378 e. The van der Waals surface area contributed by atoms with E-state index in [1.807, 2.05) is 21.9 Å². The summed E-state index contributed by atoms with van der Waals surface area (Å²) in [6.07, 6.45) is 0.959. The van der Waals surface area contributed by atoms with Gasteiger partial charge in [0.05, 0.1) is 13.2 Å². The predicted molar refractivity (Wildman–Crippen MR) is 99.4 cm³/mol. The zero-order chi connectivity index (χ0) is 18.5. The van der Waals surface area contributed by atoms with Crippen molar-refractivity contribution in [1.29, 1.82) is 0 Å². The summed E-state index contributed by atoms with van der Waals surface area (Å²) in [7, 11) is 0. The van der Waals surface area contributed by atoms with Gasteiger partial charge in [-0.1, -0.05) is 26.0 Å². The number of ether oxygens (including phenoxy) is 1. The lowest BCUT2D eigenvalue weighted by Gasteiger charge is -2.37. The molecule has 2 amide bonds. The molecular formula is C20H30FN3O2. The van der Waals surface area contributed by atoms with Crippen LogP contribution in [0.15, 0.2) is 24.3 Å². The molecule has 3 rings (SSSR count). The lowest BCUT2D eigenvalue weighted by molar-refractivity contribution is 0.0412. The summed E-state index contributed by atoms with van der Waals surface area (Å²) in [4.78, 5) is 19.3. The molecule has 0 bridgehead atoms. The van der Waals surface area contributed by atoms with Crippen molar-refractivity contribution in [2.75, 3.05) is 45.9 Å². The fourth-order valence-corrected chi connectivity index (χ4v) is 3.84. The highest BCUT2D eigenvalue weighted by atomic mass is 19.1. The van der Waals surface area contributed by atoms with Crippen LogP contribution in [0.5, 0.6) is 0 Å². The molecule has 2 fully saturated rings. The van der Waals surface area contributed by atoms with Gasteiger partial charge in [0, 0.05) is 45.3 Å². The smallest absolute Gasteiger partial charge is 0.320 e. The second-order valence-corrected chi connectivity index (χ2v) is 7.59. The van der Waals surface area contributed by atoms with Crippen LogP contribution in [0.3, 0.4) is 0 Å². The van der Waals surface area contributed by atoms with Crippen molar-refractivity contribution < 1.29 is 13.9 Å². The van der Waals surface area contributed by atoms with E-state index in [2.05, 4.69) is 18.7 Å². The Balaban J connectivity index is 1.68. The quantitative estimate of drug-likeness (QED) is 0.829. The third-order valence-corrected chi connectivity index (χ3v) is 5.37. The van der Waals surface area contributed by atoms with E-state index in [4.69, 9.17) is 4.74 Å². The number of morpholine rings is 1. The fraction of sp³-hybridized carbons (Fsp3) is 0.650. The summed E-state index contributed by atoms with van der Waals surface area (Å²) in [5.74, 6) is 0.237. The van der Waals surface area contributed by atoms with Gasteiger partial charge in [-0.3, -0.25) is 4.90 Å². The number of halogens is 1. The summed E-state index contributed by atoms with van der Waals surface area (Å²) in [6.45, 7) is 10.3. The maximum Gasteiger partial charge on any atom is 0.320 e. The first-order chi connectivity index (χ1) is 12.5. The number of benzene rings is 1. The summed E-state index contributed by atoms with van der Waals surface area (Å²) in [6, 6.07) is 7.19. The largest absolute Gasteiger partial charge is 0.378 e. The van der Waals surface area contributed by atoms with Gasteiger partial charge in [0.1, 0.15) is 5.82 Å². The molecule has 5 nitrogen and oxygen atoms in total. The number of hydrogen-bond acceptors (Lipinski definition) is 3. The average molecular weight is 363 g/mol. The molecule has 0 saturated carbocycles. The van der Waals surface area contributed by atoms with E-state index in [-0.39, 0.29) is 11.8 Å². The van der Waals surface area contributed by atoms with Crippen molar-refractivity contribution in [2.24, 2.45) is 5.92 Å².